The highest BCUT2D eigenvalue weighted by Gasteiger charge is 2.42. The zero-order chi connectivity index (χ0) is 24.0. The second-order valence-corrected chi connectivity index (χ2v) is 6.89. The van der Waals surface area contributed by atoms with E-state index in [1.165, 1.54) is 36.4 Å². The van der Waals surface area contributed by atoms with E-state index in [1.54, 1.807) is 0 Å². The first kappa shape index (κ1) is 22.1. The summed E-state index contributed by atoms with van der Waals surface area (Å²) in [6.07, 6.45) is -4.21. The van der Waals surface area contributed by atoms with Crippen LogP contribution in [0.4, 0.5) is 42.5 Å². The summed E-state index contributed by atoms with van der Waals surface area (Å²) in [5.74, 6) is 0. The number of aromatic amines is 1. The lowest BCUT2D eigenvalue weighted by atomic mass is 10.2. The Hall–Kier alpha value is -4.10. The molecule has 3 N–H and O–H groups in total. The summed E-state index contributed by atoms with van der Waals surface area (Å²) in [5.41, 5.74) is -1.84. The van der Waals surface area contributed by atoms with Crippen LogP contribution in [0.1, 0.15) is 11.3 Å². The molecule has 0 spiro atoms. The lowest BCUT2D eigenvalue weighted by Crippen LogP contribution is -2.34. The number of hydrogen-bond donors (Lipinski definition) is 3. The Morgan fingerprint density at radius 2 is 1.76 bits per heavy atom. The van der Waals surface area contributed by atoms with Crippen molar-refractivity contribution in [2.45, 2.75) is 12.4 Å². The van der Waals surface area contributed by atoms with E-state index >= 15 is 0 Å². The van der Waals surface area contributed by atoms with Crippen molar-refractivity contribution in [2.24, 2.45) is 7.05 Å². The van der Waals surface area contributed by atoms with E-state index in [2.05, 4.69) is 25.7 Å². The number of nitrogens with zero attached hydrogens (tertiary/aromatic N) is 4. The fraction of sp³-hybridized carbons (Fsp3) is 0.158. The summed E-state index contributed by atoms with van der Waals surface area (Å²) in [5, 5.41) is 8.31. The standard InChI is InChI=1S/C19H13F6N7O/c1-31-9-13(15(30-31)19(23,24)25)32-7-6-26-16-14(32)12(8-27-16)29-17(33)28-11-4-2-10(3-5-11)18(20,21)22/h2-9H,1H3,(H2,26,28,29,33)/p+1. The Bertz CT molecular complexity index is 1320. The molecule has 4 aromatic rings. The number of amides is 2. The molecule has 0 aliphatic carbocycles. The Morgan fingerprint density at radius 3 is 2.39 bits per heavy atom. The molecular weight excluding hydrogens is 456 g/mol. The van der Waals surface area contributed by atoms with E-state index in [4.69, 9.17) is 0 Å². The first-order chi connectivity index (χ1) is 15.4. The number of rotatable bonds is 3. The largest absolute Gasteiger partial charge is 0.441 e. The average Bonchev–Trinajstić information content (AvgIpc) is 3.31. The zero-order valence-corrected chi connectivity index (χ0v) is 16.6. The van der Waals surface area contributed by atoms with Gasteiger partial charge in [-0.25, -0.2) is 9.78 Å². The molecule has 0 unspecified atom stereocenters. The van der Waals surface area contributed by atoms with Gasteiger partial charge in [-0.15, -0.1) is 0 Å². The number of carbonyl (C=O) groups excluding carboxylic acids is 1. The minimum absolute atomic E-state index is 0.0814. The Morgan fingerprint density at radius 1 is 1.06 bits per heavy atom. The first-order valence-corrected chi connectivity index (χ1v) is 9.17. The number of hydrogen-bond acceptors (Lipinski definition) is 3. The lowest BCUT2D eigenvalue weighted by molar-refractivity contribution is -0.568. The molecule has 14 heteroatoms. The van der Waals surface area contributed by atoms with E-state index in [9.17, 15) is 31.1 Å². The van der Waals surface area contributed by atoms with Gasteiger partial charge < -0.3 is 15.6 Å². The fourth-order valence-electron chi connectivity index (χ4n) is 3.17. The smallest absolute Gasteiger partial charge is 0.339 e. The molecule has 0 aliphatic rings. The van der Waals surface area contributed by atoms with Gasteiger partial charge in [0.25, 0.3) is 11.2 Å². The van der Waals surface area contributed by atoms with Crippen LogP contribution in [0, 0.1) is 0 Å². The van der Waals surface area contributed by atoms with E-state index in [1.807, 2.05) is 0 Å². The summed E-state index contributed by atoms with van der Waals surface area (Å²) in [4.78, 5) is 19.2. The van der Waals surface area contributed by atoms with Crippen molar-refractivity contribution >= 4 is 28.6 Å². The van der Waals surface area contributed by atoms with Gasteiger partial charge in [0.15, 0.2) is 6.20 Å². The van der Waals surface area contributed by atoms with Crippen LogP contribution in [-0.4, -0.2) is 25.8 Å². The summed E-state index contributed by atoms with van der Waals surface area (Å²) < 4.78 is 80.6. The fourth-order valence-corrected chi connectivity index (χ4v) is 3.17. The third-order valence-electron chi connectivity index (χ3n) is 4.55. The van der Waals surface area contributed by atoms with Gasteiger partial charge in [0, 0.05) is 18.9 Å². The van der Waals surface area contributed by atoms with Crippen molar-refractivity contribution in [3.05, 3.63) is 60.3 Å². The number of fused-ring (bicyclic) bond motifs is 1. The molecule has 3 heterocycles. The number of nitrogens with one attached hydrogen (secondary N) is 3. The van der Waals surface area contributed by atoms with Crippen molar-refractivity contribution in [3.8, 4) is 5.69 Å². The lowest BCUT2D eigenvalue weighted by Gasteiger charge is -2.09. The normalized spacial score (nSPS) is 12.2. The molecule has 172 valence electrons. The average molecular weight is 470 g/mol. The molecule has 33 heavy (non-hydrogen) atoms. The molecular formula is C19H14F6N7O+. The highest BCUT2D eigenvalue weighted by atomic mass is 19.4. The number of H-pyrrole nitrogens is 1. The second kappa shape index (κ2) is 7.79. The molecule has 0 saturated carbocycles. The predicted octanol–water partition coefficient (Wildman–Crippen LogP) is 4.25. The van der Waals surface area contributed by atoms with Crippen LogP contribution < -0.4 is 15.2 Å². The van der Waals surface area contributed by atoms with Crippen molar-refractivity contribution in [3.63, 3.8) is 0 Å². The number of benzene rings is 1. The minimum atomic E-state index is -4.73. The molecule has 0 fully saturated rings. The quantitative estimate of drug-likeness (QED) is 0.309. The topological polar surface area (TPSA) is 91.5 Å². The van der Waals surface area contributed by atoms with Crippen LogP contribution in [-0.2, 0) is 19.4 Å². The van der Waals surface area contributed by atoms with Gasteiger partial charge >= 0.3 is 18.4 Å². The maximum absolute atomic E-state index is 13.5. The van der Waals surface area contributed by atoms with E-state index in [-0.39, 0.29) is 28.2 Å². The zero-order valence-electron chi connectivity index (χ0n) is 16.6. The van der Waals surface area contributed by atoms with Crippen molar-refractivity contribution in [1.29, 1.82) is 0 Å². The van der Waals surface area contributed by atoms with Gasteiger partial charge in [-0.2, -0.15) is 36.0 Å². The summed E-state index contributed by atoms with van der Waals surface area (Å²) in [6.45, 7) is 0. The van der Waals surface area contributed by atoms with E-state index < -0.39 is 29.6 Å². The maximum atomic E-state index is 13.5. The molecule has 0 saturated heterocycles. The Balaban J connectivity index is 1.65. The van der Waals surface area contributed by atoms with Crippen LogP contribution in [0.5, 0.6) is 0 Å². The molecule has 2 amide bonds. The Kier molecular flexibility index (Phi) is 5.22. The monoisotopic (exact) mass is 470 g/mol. The summed E-state index contributed by atoms with van der Waals surface area (Å²) in [6, 6.07) is 2.93. The number of aromatic nitrogens is 5. The van der Waals surface area contributed by atoms with Crippen molar-refractivity contribution in [1.82, 2.24) is 19.7 Å². The van der Waals surface area contributed by atoms with E-state index in [0.29, 0.717) is 0 Å². The van der Waals surface area contributed by atoms with Crippen LogP contribution in [0.3, 0.4) is 0 Å². The third-order valence-corrected chi connectivity index (χ3v) is 4.55. The van der Waals surface area contributed by atoms with Crippen LogP contribution in [0.25, 0.3) is 16.9 Å². The number of alkyl halides is 6. The molecule has 0 radical (unpaired) electrons. The summed E-state index contributed by atoms with van der Waals surface area (Å²) >= 11 is 0. The molecule has 8 nitrogen and oxygen atoms in total. The maximum Gasteiger partial charge on any atom is 0.441 e. The highest BCUT2D eigenvalue weighted by Crippen LogP contribution is 2.32. The van der Waals surface area contributed by atoms with Gasteiger partial charge in [-0.3, -0.25) is 4.68 Å². The first-order valence-electron chi connectivity index (χ1n) is 9.17. The second-order valence-electron chi connectivity index (χ2n) is 6.89. The van der Waals surface area contributed by atoms with Crippen LogP contribution in [0.15, 0.2) is 49.1 Å². The number of aryl methyl sites for hydroxylation is 1. The van der Waals surface area contributed by atoms with Gasteiger partial charge in [0.2, 0.25) is 11.3 Å². The van der Waals surface area contributed by atoms with Crippen LogP contribution in [0.2, 0.25) is 0 Å². The summed E-state index contributed by atoms with van der Waals surface area (Å²) in [7, 11) is 1.34. The molecule has 0 aliphatic heterocycles. The van der Waals surface area contributed by atoms with Gasteiger partial charge in [-0.05, 0) is 24.3 Å². The third kappa shape index (κ3) is 4.44. The van der Waals surface area contributed by atoms with Gasteiger partial charge in [0.1, 0.15) is 5.69 Å². The number of urea groups is 1. The van der Waals surface area contributed by atoms with Gasteiger partial charge in [0.05, 0.1) is 18.0 Å². The molecule has 0 bridgehead atoms. The van der Waals surface area contributed by atoms with Crippen LogP contribution >= 0.6 is 0 Å². The van der Waals surface area contributed by atoms with Crippen molar-refractivity contribution < 1.29 is 35.7 Å². The number of carbonyl (C=O) groups is 1. The van der Waals surface area contributed by atoms with Gasteiger partial charge in [-0.1, -0.05) is 0 Å². The molecule has 0 atom stereocenters. The molecule has 3 aromatic heterocycles. The van der Waals surface area contributed by atoms with Crippen molar-refractivity contribution in [2.75, 3.05) is 10.6 Å². The number of anilines is 2. The van der Waals surface area contributed by atoms with E-state index in [0.717, 1.165) is 28.9 Å². The Labute approximate surface area is 180 Å². The molecule has 4 rings (SSSR count). The number of halogens is 6. The SMILES string of the molecule is Cn1cc(-[n+]2ccnc3[nH]cc(NC(=O)Nc4ccc(C(F)(F)F)cc4)c32)c(C(F)(F)F)n1. The predicted molar refractivity (Wildman–Crippen MR) is 103 cm³/mol. The highest BCUT2D eigenvalue weighted by molar-refractivity contribution is 6.03. The minimum Gasteiger partial charge on any atom is -0.339 e. The molecule has 1 aromatic carbocycles.